The molecule has 0 radical (unpaired) electrons. The van der Waals surface area contributed by atoms with E-state index in [1.54, 1.807) is 13.3 Å². The van der Waals surface area contributed by atoms with Gasteiger partial charge in [0.25, 0.3) is 0 Å². The lowest BCUT2D eigenvalue weighted by Crippen LogP contribution is -2.34. The molecule has 0 saturated carbocycles. The Hall–Kier alpha value is -3.24. The molecule has 1 aromatic carbocycles. The lowest BCUT2D eigenvalue weighted by atomic mass is 9.94. The Morgan fingerprint density at radius 1 is 1.33 bits per heavy atom. The summed E-state index contributed by atoms with van der Waals surface area (Å²) in [7, 11) is 0. The maximum absolute atomic E-state index is 12.8. The number of fused-ring (bicyclic) bond motifs is 2. The Kier molecular flexibility index (Phi) is 6.10. The average molecular weight is 453 g/mol. The van der Waals surface area contributed by atoms with Crippen LogP contribution in [0.15, 0.2) is 36.9 Å². The number of aromatic nitrogens is 4. The number of nitrogens with one attached hydrogen (secondary N) is 2. The first-order valence-electron chi connectivity index (χ1n) is 11.4. The summed E-state index contributed by atoms with van der Waals surface area (Å²) in [6.45, 7) is 2.85. The van der Waals surface area contributed by atoms with Crippen molar-refractivity contribution in [1.29, 1.82) is 0 Å². The molecule has 4 heterocycles. The van der Waals surface area contributed by atoms with Crippen molar-refractivity contribution in [3.05, 3.63) is 42.5 Å². The Morgan fingerprint density at radius 3 is 3.03 bits per heavy atom. The zero-order valence-electron chi connectivity index (χ0n) is 18.5. The van der Waals surface area contributed by atoms with Crippen molar-refractivity contribution in [1.82, 2.24) is 19.5 Å². The summed E-state index contributed by atoms with van der Waals surface area (Å²) in [6, 6.07) is 7.56. The van der Waals surface area contributed by atoms with Crippen LogP contribution >= 0.6 is 0 Å². The first-order chi connectivity index (χ1) is 16.2. The molecule has 2 aromatic heterocycles. The van der Waals surface area contributed by atoms with Crippen molar-refractivity contribution >= 4 is 28.6 Å². The maximum atomic E-state index is 12.8. The van der Waals surface area contributed by atoms with Gasteiger partial charge in [0.15, 0.2) is 17.0 Å². The quantitative estimate of drug-likeness (QED) is 0.442. The molecule has 1 saturated heterocycles. The highest BCUT2D eigenvalue weighted by molar-refractivity contribution is 5.86. The van der Waals surface area contributed by atoms with Gasteiger partial charge in [-0.05, 0) is 37.8 Å². The molecule has 2 aliphatic heterocycles. The van der Waals surface area contributed by atoms with Gasteiger partial charge in [0, 0.05) is 18.2 Å². The molecule has 5 rings (SSSR count). The third-order valence-electron chi connectivity index (χ3n) is 6.30. The van der Waals surface area contributed by atoms with Crippen molar-refractivity contribution < 1.29 is 19.4 Å². The molecule has 3 N–H and O–H groups in total. The number of imidazole rings is 1. The minimum absolute atomic E-state index is 0.00864. The second-order valence-corrected chi connectivity index (χ2v) is 8.37. The number of hydrogen-bond acceptors (Lipinski definition) is 9. The molecule has 2 aliphatic rings. The predicted molar refractivity (Wildman–Crippen MR) is 122 cm³/mol. The van der Waals surface area contributed by atoms with Crippen LogP contribution in [-0.2, 0) is 14.3 Å². The van der Waals surface area contributed by atoms with Gasteiger partial charge in [0.1, 0.15) is 18.6 Å². The SMILES string of the molecule is CCOC(=O)[C@H](CC1CNc2ccccc21)Nc1ncnc2c1ncn2[C@H]1CC[C@@H](CO)O1. The number of ether oxygens (including phenoxy) is 2. The van der Waals surface area contributed by atoms with Crippen LogP contribution in [0.1, 0.15) is 43.9 Å². The molecule has 0 bridgehead atoms. The van der Waals surface area contributed by atoms with Gasteiger partial charge in [-0.25, -0.2) is 19.7 Å². The predicted octanol–water partition coefficient (Wildman–Crippen LogP) is 2.44. The van der Waals surface area contributed by atoms with Crippen molar-refractivity contribution in [3.63, 3.8) is 0 Å². The number of rotatable bonds is 8. The van der Waals surface area contributed by atoms with Gasteiger partial charge in [-0.1, -0.05) is 18.2 Å². The van der Waals surface area contributed by atoms with Crippen LogP contribution in [-0.4, -0.2) is 62.5 Å². The van der Waals surface area contributed by atoms with E-state index in [0.717, 1.165) is 25.1 Å². The molecule has 33 heavy (non-hydrogen) atoms. The fourth-order valence-electron chi connectivity index (χ4n) is 4.67. The first kappa shape index (κ1) is 21.6. The molecule has 3 aromatic rings. The zero-order valence-corrected chi connectivity index (χ0v) is 18.5. The number of anilines is 2. The molecule has 1 unspecified atom stereocenters. The van der Waals surface area contributed by atoms with E-state index in [0.29, 0.717) is 30.0 Å². The van der Waals surface area contributed by atoms with Crippen LogP contribution in [0.4, 0.5) is 11.5 Å². The number of carbonyl (C=O) groups is 1. The number of nitrogens with zero attached hydrogens (tertiary/aromatic N) is 4. The highest BCUT2D eigenvalue weighted by atomic mass is 16.5. The third-order valence-corrected chi connectivity index (χ3v) is 6.30. The number of hydrogen-bond donors (Lipinski definition) is 3. The molecular formula is C23H28N6O4. The Balaban J connectivity index is 1.40. The number of aliphatic hydroxyl groups is 1. The number of carbonyl (C=O) groups excluding carboxylic acids is 1. The second kappa shape index (κ2) is 9.32. The lowest BCUT2D eigenvalue weighted by Gasteiger charge is -2.21. The monoisotopic (exact) mass is 452 g/mol. The van der Waals surface area contributed by atoms with Crippen molar-refractivity contribution in [2.75, 3.05) is 30.4 Å². The fraction of sp³-hybridized carbons (Fsp3) is 0.478. The van der Waals surface area contributed by atoms with E-state index in [1.165, 1.54) is 11.9 Å². The number of aliphatic hydroxyl groups excluding tert-OH is 1. The van der Waals surface area contributed by atoms with Crippen LogP contribution in [0.2, 0.25) is 0 Å². The minimum Gasteiger partial charge on any atom is -0.464 e. The van der Waals surface area contributed by atoms with Gasteiger partial charge in [-0.3, -0.25) is 4.57 Å². The molecule has 10 nitrogen and oxygen atoms in total. The topological polar surface area (TPSA) is 123 Å². The molecule has 1 fully saturated rings. The van der Waals surface area contributed by atoms with Gasteiger partial charge in [0.2, 0.25) is 0 Å². The highest BCUT2D eigenvalue weighted by Crippen LogP contribution is 2.35. The average Bonchev–Trinajstić information content (AvgIpc) is 3.57. The maximum Gasteiger partial charge on any atom is 0.328 e. The van der Waals surface area contributed by atoms with Gasteiger partial charge >= 0.3 is 5.97 Å². The van der Waals surface area contributed by atoms with Crippen LogP contribution in [0.3, 0.4) is 0 Å². The second-order valence-electron chi connectivity index (χ2n) is 8.37. The Morgan fingerprint density at radius 2 is 2.21 bits per heavy atom. The van der Waals surface area contributed by atoms with Crippen LogP contribution in [0, 0.1) is 0 Å². The van der Waals surface area contributed by atoms with Crippen molar-refractivity contribution in [2.45, 2.75) is 50.5 Å². The smallest absolute Gasteiger partial charge is 0.328 e. The first-order valence-corrected chi connectivity index (χ1v) is 11.4. The van der Waals surface area contributed by atoms with Crippen LogP contribution < -0.4 is 10.6 Å². The summed E-state index contributed by atoms with van der Waals surface area (Å²) >= 11 is 0. The Labute approximate surface area is 191 Å². The summed E-state index contributed by atoms with van der Waals surface area (Å²) in [5.41, 5.74) is 3.48. The summed E-state index contributed by atoms with van der Waals surface area (Å²) in [6.07, 6.45) is 4.81. The highest BCUT2D eigenvalue weighted by Gasteiger charge is 2.31. The summed E-state index contributed by atoms with van der Waals surface area (Å²) in [4.78, 5) is 26.1. The van der Waals surface area contributed by atoms with Gasteiger partial charge in [-0.15, -0.1) is 0 Å². The lowest BCUT2D eigenvalue weighted by molar-refractivity contribution is -0.144. The van der Waals surface area contributed by atoms with E-state index in [-0.39, 0.29) is 30.8 Å². The van der Waals surface area contributed by atoms with Crippen LogP contribution in [0.5, 0.6) is 0 Å². The minimum atomic E-state index is -0.590. The number of para-hydroxylation sites is 1. The van der Waals surface area contributed by atoms with E-state index >= 15 is 0 Å². The summed E-state index contributed by atoms with van der Waals surface area (Å²) in [5, 5.41) is 16.1. The normalized spacial score (nSPS) is 22.7. The van der Waals surface area contributed by atoms with Crippen molar-refractivity contribution in [3.8, 4) is 0 Å². The largest absolute Gasteiger partial charge is 0.464 e. The van der Waals surface area contributed by atoms with Gasteiger partial charge < -0.3 is 25.2 Å². The molecule has 0 amide bonds. The summed E-state index contributed by atoms with van der Waals surface area (Å²) < 4.78 is 13.1. The van der Waals surface area contributed by atoms with E-state index < -0.39 is 6.04 Å². The van der Waals surface area contributed by atoms with E-state index in [1.807, 2.05) is 16.7 Å². The third kappa shape index (κ3) is 4.23. The molecule has 174 valence electrons. The molecule has 0 aliphatic carbocycles. The molecule has 10 heteroatoms. The van der Waals surface area contributed by atoms with Gasteiger partial charge in [-0.2, -0.15) is 0 Å². The number of benzene rings is 1. The molecular weight excluding hydrogens is 424 g/mol. The number of esters is 1. The molecule has 0 spiro atoms. The van der Waals surface area contributed by atoms with Crippen LogP contribution in [0.25, 0.3) is 11.2 Å². The van der Waals surface area contributed by atoms with E-state index in [4.69, 9.17) is 9.47 Å². The van der Waals surface area contributed by atoms with Crippen molar-refractivity contribution in [2.24, 2.45) is 0 Å². The van der Waals surface area contributed by atoms with E-state index in [9.17, 15) is 9.90 Å². The van der Waals surface area contributed by atoms with Gasteiger partial charge in [0.05, 0.1) is 25.6 Å². The fourth-order valence-corrected chi connectivity index (χ4v) is 4.67. The van der Waals surface area contributed by atoms with E-state index in [2.05, 4.69) is 37.7 Å². The summed E-state index contributed by atoms with van der Waals surface area (Å²) in [5.74, 6) is 0.325. The Bertz CT molecular complexity index is 1140. The standard InChI is InChI=1S/C23H28N6O4/c1-2-32-23(31)18(9-14-10-24-17-6-4-3-5-16(14)17)28-21-20-22(26-12-25-21)29(13-27-20)19-8-7-15(11-30)33-19/h3-6,12-15,18-19,24,30H,2,7-11H2,1H3,(H,25,26,28)/t14?,15-,18-,19+/m0/s1. The zero-order chi connectivity index (χ0) is 22.8. The molecule has 4 atom stereocenters.